The summed E-state index contributed by atoms with van der Waals surface area (Å²) in [6.45, 7) is 4.61. The number of unbranched alkanes of at least 4 members (excludes halogenated alkanes) is 1. The van der Waals surface area contributed by atoms with Crippen molar-refractivity contribution in [2.75, 3.05) is 6.61 Å². The molecule has 1 unspecified atom stereocenters. The molecule has 0 aliphatic rings. The first-order chi connectivity index (χ1) is 8.72. The van der Waals surface area contributed by atoms with E-state index in [9.17, 15) is 4.39 Å². The van der Waals surface area contributed by atoms with E-state index in [2.05, 4.69) is 13.8 Å². The molecule has 0 bridgehead atoms. The molecule has 0 radical (unpaired) electrons. The molecule has 18 heavy (non-hydrogen) atoms. The van der Waals surface area contributed by atoms with Gasteiger partial charge < -0.3 is 9.84 Å². The summed E-state index contributed by atoms with van der Waals surface area (Å²) in [5, 5.41) is 9.16. The standard InChI is InChI=1S/C15H23FO2/c1-3-5-7-12(4-2)11-18-15-13(10-17)8-6-9-14(15)16/h6,8-9,12,17H,3-5,7,10-11H2,1-2H3. The number of aliphatic hydroxyl groups excluding tert-OH is 1. The molecule has 0 saturated heterocycles. The molecule has 0 fully saturated rings. The van der Waals surface area contributed by atoms with Gasteiger partial charge in [0.15, 0.2) is 11.6 Å². The third kappa shape index (κ3) is 4.30. The van der Waals surface area contributed by atoms with Crippen LogP contribution in [0.15, 0.2) is 18.2 Å². The summed E-state index contributed by atoms with van der Waals surface area (Å²) < 4.78 is 19.2. The normalized spacial score (nSPS) is 12.4. The fourth-order valence-corrected chi connectivity index (χ4v) is 1.94. The van der Waals surface area contributed by atoms with Crippen LogP contribution in [-0.4, -0.2) is 11.7 Å². The van der Waals surface area contributed by atoms with Crippen molar-refractivity contribution in [2.45, 2.75) is 46.1 Å². The van der Waals surface area contributed by atoms with E-state index in [0.717, 1.165) is 19.3 Å². The summed E-state index contributed by atoms with van der Waals surface area (Å²) in [4.78, 5) is 0. The van der Waals surface area contributed by atoms with E-state index in [4.69, 9.17) is 9.84 Å². The van der Waals surface area contributed by atoms with Gasteiger partial charge in [-0.05, 0) is 18.4 Å². The highest BCUT2D eigenvalue weighted by Crippen LogP contribution is 2.24. The third-order valence-electron chi connectivity index (χ3n) is 3.23. The molecule has 0 aromatic heterocycles. The van der Waals surface area contributed by atoms with E-state index < -0.39 is 5.82 Å². The summed E-state index contributed by atoms with van der Waals surface area (Å²) in [5.74, 6) is 0.262. The fraction of sp³-hybridized carbons (Fsp3) is 0.600. The monoisotopic (exact) mass is 254 g/mol. The minimum atomic E-state index is -0.396. The largest absolute Gasteiger partial charge is 0.490 e. The zero-order chi connectivity index (χ0) is 13.4. The van der Waals surface area contributed by atoms with Crippen molar-refractivity contribution in [3.63, 3.8) is 0 Å². The maximum Gasteiger partial charge on any atom is 0.165 e. The Kier molecular flexibility index (Phi) is 6.73. The number of benzene rings is 1. The summed E-state index contributed by atoms with van der Waals surface area (Å²) >= 11 is 0. The van der Waals surface area contributed by atoms with E-state index in [1.54, 1.807) is 12.1 Å². The van der Waals surface area contributed by atoms with Gasteiger partial charge in [-0.25, -0.2) is 4.39 Å². The van der Waals surface area contributed by atoms with E-state index >= 15 is 0 Å². The topological polar surface area (TPSA) is 29.5 Å². The van der Waals surface area contributed by atoms with Crippen molar-refractivity contribution in [1.29, 1.82) is 0 Å². The van der Waals surface area contributed by atoms with Gasteiger partial charge in [0, 0.05) is 5.56 Å². The van der Waals surface area contributed by atoms with Crippen molar-refractivity contribution >= 4 is 0 Å². The van der Waals surface area contributed by atoms with Gasteiger partial charge in [-0.15, -0.1) is 0 Å². The zero-order valence-electron chi connectivity index (χ0n) is 11.3. The molecule has 1 rings (SSSR count). The molecular formula is C15H23FO2. The van der Waals surface area contributed by atoms with Gasteiger partial charge in [0.25, 0.3) is 0 Å². The molecular weight excluding hydrogens is 231 g/mol. The van der Waals surface area contributed by atoms with Gasteiger partial charge in [0.2, 0.25) is 0 Å². The Morgan fingerprint density at radius 3 is 2.72 bits per heavy atom. The molecule has 1 atom stereocenters. The highest BCUT2D eigenvalue weighted by atomic mass is 19.1. The number of para-hydroxylation sites is 1. The van der Waals surface area contributed by atoms with E-state index in [-0.39, 0.29) is 12.4 Å². The smallest absolute Gasteiger partial charge is 0.165 e. The maximum absolute atomic E-state index is 13.6. The zero-order valence-corrected chi connectivity index (χ0v) is 11.3. The van der Waals surface area contributed by atoms with Crippen molar-refractivity contribution in [1.82, 2.24) is 0 Å². The Morgan fingerprint density at radius 2 is 2.11 bits per heavy atom. The van der Waals surface area contributed by atoms with Crippen molar-refractivity contribution < 1.29 is 14.2 Å². The lowest BCUT2D eigenvalue weighted by Gasteiger charge is -2.17. The first-order valence-electron chi connectivity index (χ1n) is 6.73. The van der Waals surface area contributed by atoms with Crippen LogP contribution in [0, 0.1) is 11.7 Å². The molecule has 1 aromatic rings. The Balaban J connectivity index is 2.61. The summed E-state index contributed by atoms with van der Waals surface area (Å²) in [6, 6.07) is 4.63. The van der Waals surface area contributed by atoms with Crippen LogP contribution >= 0.6 is 0 Å². The Hall–Kier alpha value is -1.09. The lowest BCUT2D eigenvalue weighted by Crippen LogP contribution is -2.13. The summed E-state index contributed by atoms with van der Waals surface area (Å²) in [6.07, 6.45) is 4.48. The second-order valence-electron chi connectivity index (χ2n) is 4.61. The number of aliphatic hydroxyl groups is 1. The fourth-order valence-electron chi connectivity index (χ4n) is 1.94. The van der Waals surface area contributed by atoms with Gasteiger partial charge in [-0.1, -0.05) is 45.2 Å². The molecule has 2 nitrogen and oxygen atoms in total. The molecule has 0 heterocycles. The first kappa shape index (κ1) is 15.0. The number of rotatable bonds is 8. The minimum Gasteiger partial charge on any atom is -0.490 e. The second-order valence-corrected chi connectivity index (χ2v) is 4.61. The number of halogens is 1. The van der Waals surface area contributed by atoms with Crippen molar-refractivity contribution in [2.24, 2.45) is 5.92 Å². The van der Waals surface area contributed by atoms with Crippen LogP contribution in [0.25, 0.3) is 0 Å². The SMILES string of the molecule is CCCCC(CC)COc1c(F)cccc1CO. The number of hydrogen-bond donors (Lipinski definition) is 1. The van der Waals surface area contributed by atoms with Crippen LogP contribution in [0.3, 0.4) is 0 Å². The first-order valence-corrected chi connectivity index (χ1v) is 6.73. The Morgan fingerprint density at radius 1 is 1.33 bits per heavy atom. The highest BCUT2D eigenvalue weighted by molar-refractivity contribution is 5.34. The lowest BCUT2D eigenvalue weighted by atomic mass is 10.0. The minimum absolute atomic E-state index is 0.196. The van der Waals surface area contributed by atoms with Gasteiger partial charge >= 0.3 is 0 Å². The summed E-state index contributed by atoms with van der Waals surface area (Å²) in [7, 11) is 0. The van der Waals surface area contributed by atoms with Gasteiger partial charge in [-0.3, -0.25) is 0 Å². The molecule has 3 heteroatoms. The quantitative estimate of drug-likeness (QED) is 0.762. The predicted octanol–water partition coefficient (Wildman–Crippen LogP) is 3.91. The molecule has 102 valence electrons. The number of hydrogen-bond acceptors (Lipinski definition) is 2. The van der Waals surface area contributed by atoms with E-state index in [1.807, 2.05) is 0 Å². The highest BCUT2D eigenvalue weighted by Gasteiger charge is 2.12. The van der Waals surface area contributed by atoms with Gasteiger partial charge in [0.1, 0.15) is 0 Å². The second kappa shape index (κ2) is 8.09. The van der Waals surface area contributed by atoms with Crippen LogP contribution < -0.4 is 4.74 Å². The van der Waals surface area contributed by atoms with Crippen LogP contribution in [0.5, 0.6) is 5.75 Å². The molecule has 1 aromatic carbocycles. The number of ether oxygens (including phenoxy) is 1. The Bertz CT molecular complexity index is 352. The van der Waals surface area contributed by atoms with Crippen LogP contribution in [0.4, 0.5) is 4.39 Å². The molecule has 0 spiro atoms. The lowest BCUT2D eigenvalue weighted by molar-refractivity contribution is 0.213. The average molecular weight is 254 g/mol. The Labute approximate surface area is 109 Å². The summed E-state index contributed by atoms with van der Waals surface area (Å²) in [5.41, 5.74) is 0.514. The van der Waals surface area contributed by atoms with Crippen molar-refractivity contribution in [3.05, 3.63) is 29.6 Å². The predicted molar refractivity (Wildman–Crippen MR) is 71.1 cm³/mol. The van der Waals surface area contributed by atoms with Gasteiger partial charge in [0.05, 0.1) is 13.2 Å². The van der Waals surface area contributed by atoms with Crippen molar-refractivity contribution in [3.8, 4) is 5.75 Å². The van der Waals surface area contributed by atoms with Crippen LogP contribution in [0.2, 0.25) is 0 Å². The molecule has 0 aliphatic heterocycles. The molecule has 0 amide bonds. The maximum atomic E-state index is 13.6. The van der Waals surface area contributed by atoms with Crippen LogP contribution in [0.1, 0.15) is 45.1 Å². The van der Waals surface area contributed by atoms with Gasteiger partial charge in [-0.2, -0.15) is 0 Å². The van der Waals surface area contributed by atoms with E-state index in [0.29, 0.717) is 18.1 Å². The third-order valence-corrected chi connectivity index (χ3v) is 3.23. The van der Waals surface area contributed by atoms with Crippen LogP contribution in [-0.2, 0) is 6.61 Å². The molecule has 0 aliphatic carbocycles. The molecule has 1 N–H and O–H groups in total. The van der Waals surface area contributed by atoms with E-state index in [1.165, 1.54) is 12.5 Å². The molecule has 0 saturated carbocycles. The average Bonchev–Trinajstić information content (AvgIpc) is 2.40.